The number of anilines is 1. The van der Waals surface area contributed by atoms with Gasteiger partial charge in [-0.15, -0.1) is 0 Å². The summed E-state index contributed by atoms with van der Waals surface area (Å²) < 4.78 is 26.5. The van der Waals surface area contributed by atoms with Crippen LogP contribution in [0.5, 0.6) is 0 Å². The molecule has 0 bridgehead atoms. The Morgan fingerprint density at radius 2 is 1.85 bits per heavy atom. The van der Waals surface area contributed by atoms with Gasteiger partial charge in [0.2, 0.25) is 0 Å². The van der Waals surface area contributed by atoms with Gasteiger partial charge in [0.25, 0.3) is 10.0 Å². The summed E-state index contributed by atoms with van der Waals surface area (Å²) in [6.07, 6.45) is 1.56. The average molecular weight is 311 g/mol. The van der Waals surface area contributed by atoms with Gasteiger partial charge < -0.3 is 0 Å². The van der Waals surface area contributed by atoms with Crippen LogP contribution in [0.2, 0.25) is 5.02 Å². The van der Waals surface area contributed by atoms with E-state index in [0.29, 0.717) is 16.4 Å². The molecular weight excluding hydrogens is 296 g/mol. The van der Waals surface area contributed by atoms with E-state index in [1.807, 2.05) is 0 Å². The van der Waals surface area contributed by atoms with Crippen molar-refractivity contribution in [3.8, 4) is 0 Å². The molecule has 4 nitrogen and oxygen atoms in total. The maximum Gasteiger partial charge on any atom is 0.265 e. The number of aryl methyl sites for hydroxylation is 2. The molecule has 0 unspecified atom stereocenters. The highest BCUT2D eigenvalue weighted by Crippen LogP contribution is 2.27. The normalized spacial score (nSPS) is 11.4. The molecule has 2 rings (SSSR count). The van der Waals surface area contributed by atoms with Gasteiger partial charge in [0.15, 0.2) is 0 Å². The van der Waals surface area contributed by atoms with E-state index in [1.165, 1.54) is 11.4 Å². The summed E-state index contributed by atoms with van der Waals surface area (Å²) in [6.45, 7) is 3.51. The number of pyridine rings is 1. The smallest absolute Gasteiger partial charge is 0.253 e. The van der Waals surface area contributed by atoms with Crippen LogP contribution in [0.15, 0.2) is 41.4 Å². The third kappa shape index (κ3) is 2.64. The van der Waals surface area contributed by atoms with E-state index in [-0.39, 0.29) is 4.90 Å². The molecule has 0 saturated heterocycles. The fourth-order valence-electron chi connectivity index (χ4n) is 1.84. The Morgan fingerprint density at radius 3 is 2.45 bits per heavy atom. The predicted molar refractivity (Wildman–Crippen MR) is 80.8 cm³/mol. The molecule has 2 aromatic rings. The van der Waals surface area contributed by atoms with Crippen LogP contribution in [0.1, 0.15) is 11.1 Å². The average Bonchev–Trinajstić information content (AvgIpc) is 2.42. The molecule has 0 fully saturated rings. The van der Waals surface area contributed by atoms with Gasteiger partial charge >= 0.3 is 0 Å². The Kier molecular flexibility index (Phi) is 4.01. The van der Waals surface area contributed by atoms with Gasteiger partial charge in [-0.25, -0.2) is 13.4 Å². The van der Waals surface area contributed by atoms with Crippen LogP contribution in [0.3, 0.4) is 0 Å². The monoisotopic (exact) mass is 310 g/mol. The Bertz CT molecular complexity index is 730. The van der Waals surface area contributed by atoms with E-state index < -0.39 is 10.0 Å². The third-order valence-electron chi connectivity index (χ3n) is 3.07. The van der Waals surface area contributed by atoms with Gasteiger partial charge in [-0.2, -0.15) is 0 Å². The van der Waals surface area contributed by atoms with Gasteiger partial charge in [-0.1, -0.05) is 17.7 Å². The fourth-order valence-corrected chi connectivity index (χ4v) is 3.50. The van der Waals surface area contributed by atoms with E-state index >= 15 is 0 Å². The molecule has 1 heterocycles. The molecule has 6 heteroatoms. The molecule has 0 amide bonds. The number of benzene rings is 1. The Balaban J connectivity index is 2.54. The lowest BCUT2D eigenvalue weighted by Crippen LogP contribution is -2.28. The van der Waals surface area contributed by atoms with Crippen molar-refractivity contribution in [1.29, 1.82) is 0 Å². The summed E-state index contributed by atoms with van der Waals surface area (Å²) in [5, 5.41) is 0.557. The number of halogens is 1. The zero-order valence-corrected chi connectivity index (χ0v) is 13.0. The highest BCUT2D eigenvalue weighted by Gasteiger charge is 2.24. The first-order valence-electron chi connectivity index (χ1n) is 6.01. The van der Waals surface area contributed by atoms with Crippen molar-refractivity contribution in [2.24, 2.45) is 0 Å². The van der Waals surface area contributed by atoms with Gasteiger partial charge in [0.1, 0.15) is 5.82 Å². The molecule has 0 saturated carbocycles. The van der Waals surface area contributed by atoms with E-state index in [9.17, 15) is 8.42 Å². The zero-order chi connectivity index (χ0) is 14.9. The molecular formula is C14H15ClN2O2S. The fraction of sp³-hybridized carbons (Fsp3) is 0.214. The molecule has 0 aliphatic carbocycles. The second-order valence-corrected chi connectivity index (χ2v) is 6.87. The van der Waals surface area contributed by atoms with E-state index in [1.54, 1.807) is 50.4 Å². The van der Waals surface area contributed by atoms with E-state index in [0.717, 1.165) is 5.56 Å². The molecule has 20 heavy (non-hydrogen) atoms. The minimum absolute atomic E-state index is 0.243. The molecule has 0 N–H and O–H groups in total. The standard InChI is InChI=1S/C14H15ClN2O2S/c1-10-9-13(11(2)8-12(10)15)20(18,19)17(3)14-6-4-5-7-16-14/h4-9H,1-3H3. The second kappa shape index (κ2) is 5.42. The summed E-state index contributed by atoms with van der Waals surface area (Å²) in [5.41, 5.74) is 1.34. The SMILES string of the molecule is Cc1cc(S(=O)(=O)N(C)c2ccccn2)c(C)cc1Cl. The Hall–Kier alpha value is -1.59. The van der Waals surface area contributed by atoms with Crippen LogP contribution in [0, 0.1) is 13.8 Å². The van der Waals surface area contributed by atoms with Gasteiger partial charge in [0, 0.05) is 18.3 Å². The maximum absolute atomic E-state index is 12.7. The molecule has 0 aliphatic heterocycles. The quantitative estimate of drug-likeness (QED) is 0.875. The third-order valence-corrected chi connectivity index (χ3v) is 5.38. The van der Waals surface area contributed by atoms with Crippen LogP contribution < -0.4 is 4.31 Å². The van der Waals surface area contributed by atoms with Crippen LogP contribution in [-0.2, 0) is 10.0 Å². The Labute approximate surface area is 124 Å². The number of hydrogen-bond acceptors (Lipinski definition) is 3. The van der Waals surface area contributed by atoms with E-state index in [2.05, 4.69) is 4.98 Å². The van der Waals surface area contributed by atoms with Gasteiger partial charge in [-0.05, 0) is 49.2 Å². The van der Waals surface area contributed by atoms with Crippen molar-refractivity contribution in [3.05, 3.63) is 52.7 Å². The van der Waals surface area contributed by atoms with Crippen molar-refractivity contribution in [2.75, 3.05) is 11.4 Å². The Morgan fingerprint density at radius 1 is 1.15 bits per heavy atom. The van der Waals surface area contributed by atoms with Crippen molar-refractivity contribution >= 4 is 27.4 Å². The van der Waals surface area contributed by atoms with Crippen molar-refractivity contribution in [1.82, 2.24) is 4.98 Å². The molecule has 0 aliphatic rings. The van der Waals surface area contributed by atoms with Crippen LogP contribution in [-0.4, -0.2) is 20.4 Å². The topological polar surface area (TPSA) is 50.3 Å². The minimum atomic E-state index is -3.65. The number of aromatic nitrogens is 1. The first kappa shape index (κ1) is 14.8. The van der Waals surface area contributed by atoms with Crippen molar-refractivity contribution in [2.45, 2.75) is 18.7 Å². The lowest BCUT2D eigenvalue weighted by atomic mass is 10.2. The number of rotatable bonds is 3. The van der Waals surface area contributed by atoms with Crippen LogP contribution in [0.4, 0.5) is 5.82 Å². The van der Waals surface area contributed by atoms with Crippen LogP contribution in [0.25, 0.3) is 0 Å². The largest absolute Gasteiger partial charge is 0.265 e. The number of hydrogen-bond donors (Lipinski definition) is 0. The van der Waals surface area contributed by atoms with E-state index in [4.69, 9.17) is 11.6 Å². The second-order valence-electron chi connectivity index (χ2n) is 4.53. The summed E-state index contributed by atoms with van der Waals surface area (Å²) in [6, 6.07) is 8.38. The summed E-state index contributed by atoms with van der Waals surface area (Å²) in [7, 11) is -2.16. The lowest BCUT2D eigenvalue weighted by molar-refractivity contribution is 0.593. The molecule has 106 valence electrons. The molecule has 1 aromatic heterocycles. The summed E-state index contributed by atoms with van der Waals surface area (Å²) >= 11 is 6.01. The lowest BCUT2D eigenvalue weighted by Gasteiger charge is -2.20. The minimum Gasteiger partial charge on any atom is -0.253 e. The molecule has 0 spiro atoms. The predicted octanol–water partition coefficient (Wildman–Crippen LogP) is 3.18. The van der Waals surface area contributed by atoms with Crippen molar-refractivity contribution in [3.63, 3.8) is 0 Å². The van der Waals surface area contributed by atoms with Gasteiger partial charge in [0.05, 0.1) is 4.90 Å². The first-order chi connectivity index (χ1) is 9.34. The zero-order valence-electron chi connectivity index (χ0n) is 11.5. The summed E-state index contributed by atoms with van der Waals surface area (Å²) in [5.74, 6) is 0.375. The molecule has 0 atom stereocenters. The highest BCUT2D eigenvalue weighted by atomic mass is 35.5. The molecule has 1 aromatic carbocycles. The van der Waals surface area contributed by atoms with Crippen LogP contribution >= 0.6 is 11.6 Å². The molecule has 0 radical (unpaired) electrons. The number of nitrogens with zero attached hydrogens (tertiary/aromatic N) is 2. The highest BCUT2D eigenvalue weighted by molar-refractivity contribution is 7.92. The van der Waals surface area contributed by atoms with Crippen molar-refractivity contribution < 1.29 is 8.42 Å². The number of sulfonamides is 1. The first-order valence-corrected chi connectivity index (χ1v) is 7.82. The van der Waals surface area contributed by atoms with Gasteiger partial charge in [-0.3, -0.25) is 4.31 Å². The maximum atomic E-state index is 12.7. The summed E-state index contributed by atoms with van der Waals surface area (Å²) in [4.78, 5) is 4.30.